The predicted octanol–water partition coefficient (Wildman–Crippen LogP) is 17.7. The third kappa shape index (κ3) is 50.1. The van der Waals surface area contributed by atoms with E-state index in [4.69, 9.17) is 0 Å². The normalized spacial score (nSPS) is 13.4. The Morgan fingerprint density at radius 3 is 1.02 bits per heavy atom. The Kier molecular flexibility index (Phi) is 52.5. The van der Waals surface area contributed by atoms with Crippen molar-refractivity contribution in [1.29, 1.82) is 0 Å². The number of rotatable bonds is 53. The van der Waals surface area contributed by atoms with Gasteiger partial charge in [0, 0.05) is 0 Å². The van der Waals surface area contributed by atoms with Gasteiger partial charge in [-0.2, -0.15) is 0 Å². The molecule has 5 nitrogen and oxygen atoms in total. The maximum Gasteiger partial charge on any atom is 0.222 e. The molecule has 374 valence electrons. The molecule has 0 aromatic carbocycles. The molecule has 0 spiro atoms. The highest BCUT2D eigenvalue weighted by atomic mass is 16.3. The Bertz CT molecular complexity index is 936. The summed E-state index contributed by atoms with van der Waals surface area (Å²) in [5.74, 6) is -0.319. The van der Waals surface area contributed by atoms with Gasteiger partial charge in [-0.15, -0.1) is 0 Å². The van der Waals surface area contributed by atoms with E-state index in [1.807, 2.05) is 6.08 Å². The van der Waals surface area contributed by atoms with Crippen molar-refractivity contribution in [1.82, 2.24) is 5.32 Å². The van der Waals surface area contributed by atoms with E-state index in [-0.39, 0.29) is 18.9 Å². The minimum absolute atomic E-state index is 0.0105. The van der Waals surface area contributed by atoms with Gasteiger partial charge in [0.25, 0.3) is 0 Å². The summed E-state index contributed by atoms with van der Waals surface area (Å²) in [5.41, 5.74) is 0. The van der Waals surface area contributed by atoms with Crippen LogP contribution in [-0.2, 0) is 4.79 Å². The first-order chi connectivity index (χ1) is 31.0. The Morgan fingerprint density at radius 1 is 0.397 bits per heavy atom. The maximum absolute atomic E-state index is 12.5. The molecule has 1 amide bonds. The zero-order valence-electron chi connectivity index (χ0n) is 42.7. The largest absolute Gasteiger partial charge is 0.394 e. The molecule has 0 aliphatic carbocycles. The van der Waals surface area contributed by atoms with Crippen LogP contribution in [0.5, 0.6) is 0 Å². The molecule has 0 saturated carbocycles. The first-order valence-corrected chi connectivity index (χ1v) is 28.6. The van der Waals surface area contributed by atoms with E-state index in [1.165, 1.54) is 257 Å². The van der Waals surface area contributed by atoms with Crippen LogP contribution in [0.4, 0.5) is 0 Å². The zero-order chi connectivity index (χ0) is 45.8. The second-order valence-electron chi connectivity index (χ2n) is 19.9. The van der Waals surface area contributed by atoms with Crippen LogP contribution in [0.2, 0.25) is 0 Å². The molecule has 0 heterocycles. The van der Waals surface area contributed by atoms with Gasteiger partial charge in [0.2, 0.25) is 5.91 Å². The summed E-state index contributed by atoms with van der Waals surface area (Å²) in [6.45, 7) is 4.24. The van der Waals surface area contributed by atoms with E-state index in [0.29, 0.717) is 6.42 Å². The molecular formula is C58H113NO4. The lowest BCUT2D eigenvalue weighted by Gasteiger charge is -2.21. The van der Waals surface area contributed by atoms with Gasteiger partial charge in [-0.05, 0) is 32.1 Å². The molecule has 3 atom stereocenters. The molecule has 0 saturated heterocycles. The van der Waals surface area contributed by atoms with E-state index >= 15 is 0 Å². The Morgan fingerprint density at radius 2 is 0.683 bits per heavy atom. The van der Waals surface area contributed by atoms with Crippen LogP contribution >= 0.6 is 0 Å². The topological polar surface area (TPSA) is 89.8 Å². The van der Waals surface area contributed by atoms with Gasteiger partial charge in [0.15, 0.2) is 0 Å². The van der Waals surface area contributed by atoms with E-state index in [2.05, 4.69) is 31.3 Å². The number of amides is 1. The van der Waals surface area contributed by atoms with Crippen molar-refractivity contribution in [2.24, 2.45) is 0 Å². The standard InChI is InChI=1S/C58H113NO4/c1-3-5-7-9-11-13-15-17-19-21-23-25-27-28-30-31-33-35-37-39-41-43-45-47-49-51-55(61)53-58(63)59-56(54-60)57(62)52-50-48-46-44-42-40-38-36-34-32-29-26-24-22-20-18-16-14-12-10-8-6-4-2/h42,44,50,52,55-57,60-62H,3-41,43,45-49,51,53-54H2,1-2H3,(H,59,63)/b44-42+,52-50+. The summed E-state index contributed by atoms with van der Waals surface area (Å²) in [4.78, 5) is 12.5. The van der Waals surface area contributed by atoms with Gasteiger partial charge >= 0.3 is 0 Å². The summed E-state index contributed by atoms with van der Waals surface area (Å²) in [6.07, 6.45) is 68.0. The Hall–Kier alpha value is -1.17. The molecular weight excluding hydrogens is 775 g/mol. The lowest BCUT2D eigenvalue weighted by molar-refractivity contribution is -0.124. The van der Waals surface area contributed by atoms with Gasteiger partial charge in [0.05, 0.1) is 31.3 Å². The van der Waals surface area contributed by atoms with Crippen molar-refractivity contribution >= 4 is 5.91 Å². The van der Waals surface area contributed by atoms with E-state index in [9.17, 15) is 20.1 Å². The van der Waals surface area contributed by atoms with Crippen LogP contribution in [-0.4, -0.2) is 46.1 Å². The number of allylic oxidation sites excluding steroid dienone is 3. The highest BCUT2D eigenvalue weighted by molar-refractivity contribution is 5.76. The molecule has 0 aliphatic heterocycles. The van der Waals surface area contributed by atoms with Crippen molar-refractivity contribution in [2.75, 3.05) is 6.61 Å². The first kappa shape index (κ1) is 61.8. The highest BCUT2D eigenvalue weighted by Crippen LogP contribution is 2.18. The summed E-state index contributed by atoms with van der Waals surface area (Å²) in [6, 6.07) is -0.759. The van der Waals surface area contributed by atoms with Crippen molar-refractivity contribution in [3.63, 3.8) is 0 Å². The third-order valence-electron chi connectivity index (χ3n) is 13.5. The van der Waals surface area contributed by atoms with Crippen LogP contribution < -0.4 is 5.32 Å². The Labute approximate surface area is 394 Å². The average Bonchev–Trinajstić information content (AvgIpc) is 3.28. The molecule has 0 aliphatic rings. The second kappa shape index (κ2) is 53.4. The fraction of sp³-hybridized carbons (Fsp3) is 0.914. The van der Waals surface area contributed by atoms with Crippen molar-refractivity contribution in [3.8, 4) is 0 Å². The van der Waals surface area contributed by atoms with Crippen LogP contribution in [0, 0.1) is 0 Å². The fourth-order valence-corrected chi connectivity index (χ4v) is 9.12. The van der Waals surface area contributed by atoms with E-state index in [0.717, 1.165) is 32.1 Å². The van der Waals surface area contributed by atoms with Gasteiger partial charge in [-0.25, -0.2) is 0 Å². The molecule has 0 aromatic heterocycles. The van der Waals surface area contributed by atoms with E-state index in [1.54, 1.807) is 6.08 Å². The van der Waals surface area contributed by atoms with Gasteiger partial charge in [-0.1, -0.05) is 301 Å². The summed E-state index contributed by atoms with van der Waals surface area (Å²) < 4.78 is 0. The molecule has 5 heteroatoms. The molecule has 4 N–H and O–H groups in total. The minimum Gasteiger partial charge on any atom is -0.394 e. The lowest BCUT2D eigenvalue weighted by Crippen LogP contribution is -2.45. The fourth-order valence-electron chi connectivity index (χ4n) is 9.12. The summed E-state index contributed by atoms with van der Waals surface area (Å²) in [5, 5.41) is 33.5. The minimum atomic E-state index is -0.950. The number of aliphatic hydroxyl groups is 3. The van der Waals surface area contributed by atoms with Crippen LogP contribution in [0.25, 0.3) is 0 Å². The second-order valence-corrected chi connectivity index (χ2v) is 19.9. The van der Waals surface area contributed by atoms with Crippen molar-refractivity contribution in [3.05, 3.63) is 24.3 Å². The molecule has 0 bridgehead atoms. The SMILES string of the molecule is CCCCCCCCCCCCCCCCCCC/C=C/CC/C=C/C(O)C(CO)NC(=O)CC(O)CCCCCCCCCCCCCCCCCCCCCCCCCCC. The monoisotopic (exact) mass is 888 g/mol. The lowest BCUT2D eigenvalue weighted by atomic mass is 10.0. The van der Waals surface area contributed by atoms with Crippen molar-refractivity contribution in [2.45, 2.75) is 334 Å². The van der Waals surface area contributed by atoms with Crippen molar-refractivity contribution < 1.29 is 20.1 Å². The number of carbonyl (C=O) groups is 1. The number of nitrogens with one attached hydrogen (secondary N) is 1. The molecule has 0 aromatic rings. The molecule has 63 heavy (non-hydrogen) atoms. The van der Waals surface area contributed by atoms with Crippen LogP contribution in [0.15, 0.2) is 24.3 Å². The zero-order valence-corrected chi connectivity index (χ0v) is 42.7. The smallest absolute Gasteiger partial charge is 0.222 e. The number of unbranched alkanes of at least 4 members (excludes halogenated alkanes) is 42. The van der Waals surface area contributed by atoms with Gasteiger partial charge in [0.1, 0.15) is 0 Å². The van der Waals surface area contributed by atoms with Gasteiger partial charge in [-0.3, -0.25) is 4.79 Å². The Balaban J connectivity index is 3.57. The third-order valence-corrected chi connectivity index (χ3v) is 13.5. The quantitative estimate of drug-likeness (QED) is 0.0362. The van der Waals surface area contributed by atoms with Crippen LogP contribution in [0.3, 0.4) is 0 Å². The van der Waals surface area contributed by atoms with E-state index < -0.39 is 18.2 Å². The summed E-state index contributed by atoms with van der Waals surface area (Å²) >= 11 is 0. The number of hydrogen-bond acceptors (Lipinski definition) is 4. The average molecular weight is 889 g/mol. The first-order valence-electron chi connectivity index (χ1n) is 28.6. The highest BCUT2D eigenvalue weighted by Gasteiger charge is 2.20. The molecule has 0 radical (unpaired) electrons. The number of carbonyl (C=O) groups excluding carboxylic acids is 1. The van der Waals surface area contributed by atoms with Gasteiger partial charge < -0.3 is 20.6 Å². The predicted molar refractivity (Wildman–Crippen MR) is 278 cm³/mol. The molecule has 0 rings (SSSR count). The molecule has 3 unspecified atom stereocenters. The van der Waals surface area contributed by atoms with Crippen LogP contribution in [0.1, 0.15) is 316 Å². The number of hydrogen-bond donors (Lipinski definition) is 4. The number of aliphatic hydroxyl groups excluding tert-OH is 3. The molecule has 0 fully saturated rings. The maximum atomic E-state index is 12.5. The summed E-state index contributed by atoms with van der Waals surface area (Å²) in [7, 11) is 0.